The van der Waals surface area contributed by atoms with Gasteiger partial charge in [-0.2, -0.15) is 0 Å². The molecule has 1 heterocycles. The van der Waals surface area contributed by atoms with E-state index in [1.165, 1.54) is 6.42 Å². The summed E-state index contributed by atoms with van der Waals surface area (Å²) in [4.78, 5) is 0. The minimum atomic E-state index is 0.647. The predicted octanol–water partition coefficient (Wildman–Crippen LogP) is -1.25. The number of hydrogen-bond acceptors (Lipinski definition) is 0. The Kier molecular flexibility index (Phi) is 2.60. The molecule has 0 radical (unpaired) electrons. The van der Waals surface area contributed by atoms with Gasteiger partial charge in [0, 0.05) is 0 Å². The van der Waals surface area contributed by atoms with E-state index in [0.29, 0.717) is 21.2 Å². The summed E-state index contributed by atoms with van der Waals surface area (Å²) in [6.07, 6.45) is 1.52. The maximum atomic E-state index is 2.41. The zero-order valence-corrected chi connectivity index (χ0v) is 7.81. The van der Waals surface area contributed by atoms with Crippen molar-refractivity contribution < 1.29 is 21.2 Å². The van der Waals surface area contributed by atoms with Crippen LogP contribution in [-0.4, -0.2) is 8.86 Å². The molecule has 0 spiro atoms. The summed E-state index contributed by atoms with van der Waals surface area (Å²) in [5, 5.41) is 0. The van der Waals surface area contributed by atoms with Gasteiger partial charge in [0.2, 0.25) is 0 Å². The van der Waals surface area contributed by atoms with Crippen LogP contribution in [0.1, 0.15) is 20.3 Å². The van der Waals surface area contributed by atoms with Gasteiger partial charge in [-0.15, -0.1) is 0 Å². The molecule has 0 N–H and O–H groups in total. The molecule has 1 fully saturated rings. The molecule has 50 valence electrons. The third kappa shape index (κ3) is 1.61. The van der Waals surface area contributed by atoms with Gasteiger partial charge in [-0.1, -0.05) is 0 Å². The molecule has 0 aromatic carbocycles. The Morgan fingerprint density at radius 1 is 1.25 bits per heavy atom. The molecule has 0 nitrogen and oxygen atoms in total. The summed E-state index contributed by atoms with van der Waals surface area (Å²) in [6, 6.07) is 0. The van der Waals surface area contributed by atoms with E-state index in [4.69, 9.17) is 0 Å². The van der Waals surface area contributed by atoms with Gasteiger partial charge in [0.25, 0.3) is 0 Å². The van der Waals surface area contributed by atoms with Crippen LogP contribution in [0.25, 0.3) is 0 Å². The Morgan fingerprint density at radius 3 is 2.38 bits per heavy atom. The molecule has 1 aliphatic rings. The van der Waals surface area contributed by atoms with Gasteiger partial charge in [-0.3, -0.25) is 0 Å². The van der Waals surface area contributed by atoms with Crippen molar-refractivity contribution >= 4 is 0 Å². The average Bonchev–Trinajstić information content (AvgIpc) is 1.77. The van der Waals surface area contributed by atoms with Gasteiger partial charge in [0.15, 0.2) is 0 Å². The topological polar surface area (TPSA) is 0 Å². The van der Waals surface area contributed by atoms with Crippen molar-refractivity contribution in [3.05, 3.63) is 0 Å². The molecule has 0 saturated carbocycles. The summed E-state index contributed by atoms with van der Waals surface area (Å²) in [5.74, 6) is 2.08. The van der Waals surface area contributed by atoms with Crippen molar-refractivity contribution in [2.24, 2.45) is 11.8 Å². The van der Waals surface area contributed by atoms with E-state index in [1.54, 1.807) is 8.86 Å². The van der Waals surface area contributed by atoms with Crippen LogP contribution in [0, 0.1) is 11.8 Å². The summed E-state index contributed by atoms with van der Waals surface area (Å²) in [6.45, 7) is 4.80. The van der Waals surface area contributed by atoms with Crippen molar-refractivity contribution in [3.63, 3.8) is 0 Å². The SMILES string of the molecule is C[C@@H]1C[I-]CC[C@@H]1C. The quantitative estimate of drug-likeness (QED) is 0.357. The second-order valence-corrected chi connectivity index (χ2v) is 5.81. The molecule has 0 aliphatic carbocycles. The fraction of sp³-hybridized carbons (Fsp3) is 1.00. The first kappa shape index (κ1) is 6.84. The third-order valence-corrected chi connectivity index (χ3v) is 5.42. The Labute approximate surface area is 62.3 Å². The Balaban J connectivity index is 2.28. The fourth-order valence-corrected chi connectivity index (χ4v) is 4.65. The standard InChI is InChI=1S/C7H14I/c1-6-3-4-8-5-7(6)2/h6-7H,3-5H2,1-2H3/q-1/t6-,7+/m0/s1. The van der Waals surface area contributed by atoms with Gasteiger partial charge in [-0.05, 0) is 0 Å². The molecule has 0 aromatic rings. The Bertz CT molecular complexity index is 60.8. The van der Waals surface area contributed by atoms with Crippen molar-refractivity contribution in [1.29, 1.82) is 0 Å². The van der Waals surface area contributed by atoms with Crippen LogP contribution >= 0.6 is 0 Å². The fourth-order valence-electron chi connectivity index (χ4n) is 0.935. The van der Waals surface area contributed by atoms with Crippen molar-refractivity contribution in [2.45, 2.75) is 20.3 Å². The summed E-state index contributed by atoms with van der Waals surface area (Å²) in [5.41, 5.74) is 0. The molecule has 0 aromatic heterocycles. The number of rotatable bonds is 0. The molecular formula is C7H14I-. The normalized spacial score (nSPS) is 40.8. The van der Waals surface area contributed by atoms with Crippen LogP contribution in [-0.2, 0) is 0 Å². The summed E-state index contributed by atoms with van der Waals surface area (Å²) < 4.78 is 3.17. The van der Waals surface area contributed by atoms with Crippen LogP contribution < -0.4 is 21.2 Å². The van der Waals surface area contributed by atoms with Crippen LogP contribution in [0.5, 0.6) is 0 Å². The van der Waals surface area contributed by atoms with Crippen LogP contribution in [0.3, 0.4) is 0 Å². The first-order valence-corrected chi connectivity index (χ1v) is 6.39. The van der Waals surface area contributed by atoms with Gasteiger partial charge < -0.3 is 0 Å². The van der Waals surface area contributed by atoms with Crippen molar-refractivity contribution in [1.82, 2.24) is 0 Å². The van der Waals surface area contributed by atoms with E-state index in [1.807, 2.05) is 0 Å². The molecule has 1 rings (SSSR count). The van der Waals surface area contributed by atoms with Crippen LogP contribution in [0.2, 0.25) is 0 Å². The predicted molar refractivity (Wildman–Crippen MR) is 32.7 cm³/mol. The second-order valence-electron chi connectivity index (χ2n) is 2.78. The van der Waals surface area contributed by atoms with Gasteiger partial charge in [0.1, 0.15) is 0 Å². The second kappa shape index (κ2) is 3.04. The van der Waals surface area contributed by atoms with Crippen molar-refractivity contribution in [2.75, 3.05) is 8.86 Å². The van der Waals surface area contributed by atoms with E-state index < -0.39 is 0 Å². The molecule has 1 heteroatoms. The van der Waals surface area contributed by atoms with Gasteiger partial charge in [-0.25, -0.2) is 0 Å². The maximum absolute atomic E-state index is 2.41. The van der Waals surface area contributed by atoms with E-state index in [-0.39, 0.29) is 0 Å². The van der Waals surface area contributed by atoms with E-state index in [2.05, 4.69) is 13.8 Å². The Hall–Kier alpha value is 0.730. The monoisotopic (exact) mass is 225 g/mol. The molecule has 0 bridgehead atoms. The Morgan fingerprint density at radius 2 is 2.00 bits per heavy atom. The minimum absolute atomic E-state index is 0.647. The van der Waals surface area contributed by atoms with E-state index >= 15 is 0 Å². The molecular weight excluding hydrogens is 211 g/mol. The molecule has 8 heavy (non-hydrogen) atoms. The number of alkyl halides is 2. The zero-order chi connectivity index (χ0) is 5.98. The van der Waals surface area contributed by atoms with Gasteiger partial charge in [0.05, 0.1) is 0 Å². The van der Waals surface area contributed by atoms with Gasteiger partial charge >= 0.3 is 62.2 Å². The zero-order valence-electron chi connectivity index (χ0n) is 5.65. The molecule has 1 saturated heterocycles. The summed E-state index contributed by atoms with van der Waals surface area (Å²) in [7, 11) is 0. The summed E-state index contributed by atoms with van der Waals surface area (Å²) >= 11 is 0.647. The number of hydrogen-bond donors (Lipinski definition) is 0. The van der Waals surface area contributed by atoms with Crippen molar-refractivity contribution in [3.8, 4) is 0 Å². The molecule has 2 atom stereocenters. The van der Waals surface area contributed by atoms with Crippen LogP contribution in [0.4, 0.5) is 0 Å². The average molecular weight is 225 g/mol. The number of halogens is 1. The molecule has 0 amide bonds. The van der Waals surface area contributed by atoms with Crippen LogP contribution in [0.15, 0.2) is 0 Å². The first-order valence-electron chi connectivity index (χ1n) is 3.34. The molecule has 0 unspecified atom stereocenters. The van der Waals surface area contributed by atoms with E-state index in [0.717, 1.165) is 11.8 Å². The first-order chi connectivity index (χ1) is 3.80. The van der Waals surface area contributed by atoms with E-state index in [9.17, 15) is 0 Å². The third-order valence-electron chi connectivity index (χ3n) is 2.02. The molecule has 1 aliphatic heterocycles.